The number of carbonyl (C=O) groups excluding carboxylic acids is 2. The number of hydrogen-bond donors (Lipinski definition) is 0. The van der Waals surface area contributed by atoms with Crippen molar-refractivity contribution in [1.82, 2.24) is 9.80 Å². The van der Waals surface area contributed by atoms with Crippen LogP contribution in [0.15, 0.2) is 24.3 Å². The fourth-order valence-electron chi connectivity index (χ4n) is 3.69. The van der Waals surface area contributed by atoms with Crippen LogP contribution in [0.2, 0.25) is 0 Å². The Hall–Kier alpha value is -1.84. The Morgan fingerprint density at radius 3 is 2.41 bits per heavy atom. The van der Waals surface area contributed by atoms with Gasteiger partial charge in [0.25, 0.3) is 0 Å². The Balaban J connectivity index is 1.90. The van der Waals surface area contributed by atoms with Crippen LogP contribution >= 0.6 is 0 Å². The average Bonchev–Trinajstić information content (AvgIpc) is 3.05. The number of amides is 2. The molecule has 1 aromatic rings. The lowest BCUT2D eigenvalue weighted by atomic mass is 9.83. The molecule has 0 bridgehead atoms. The predicted octanol–water partition coefficient (Wildman–Crippen LogP) is 2.53. The van der Waals surface area contributed by atoms with Gasteiger partial charge in [-0.2, -0.15) is 0 Å². The van der Waals surface area contributed by atoms with Crippen LogP contribution in [0.3, 0.4) is 0 Å². The number of aryl methyl sites for hydroxylation is 1. The van der Waals surface area contributed by atoms with E-state index in [1.54, 1.807) is 4.90 Å². The van der Waals surface area contributed by atoms with Crippen LogP contribution in [0.4, 0.5) is 0 Å². The van der Waals surface area contributed by atoms with E-state index in [9.17, 15) is 9.59 Å². The first-order valence-corrected chi connectivity index (χ1v) is 8.19. The maximum Gasteiger partial charge on any atom is 0.228 e. The highest BCUT2D eigenvalue weighted by molar-refractivity contribution is 5.85. The van der Waals surface area contributed by atoms with Gasteiger partial charge in [-0.05, 0) is 31.7 Å². The van der Waals surface area contributed by atoms with Gasteiger partial charge in [0.2, 0.25) is 11.8 Å². The summed E-state index contributed by atoms with van der Waals surface area (Å²) in [6.45, 7) is 3.79. The van der Waals surface area contributed by atoms with Crippen molar-refractivity contribution in [1.29, 1.82) is 0 Å². The molecule has 0 N–H and O–H groups in total. The molecule has 0 spiro atoms. The SMILES string of the molecule is Cc1ccc(C2C(C(=O)N3CCCC3)CCC(=O)N2C)cc1. The molecule has 22 heavy (non-hydrogen) atoms. The van der Waals surface area contributed by atoms with Gasteiger partial charge in [-0.3, -0.25) is 9.59 Å². The van der Waals surface area contributed by atoms with E-state index in [1.807, 2.05) is 18.9 Å². The van der Waals surface area contributed by atoms with Crippen molar-refractivity contribution in [3.05, 3.63) is 35.4 Å². The summed E-state index contributed by atoms with van der Waals surface area (Å²) in [5.74, 6) is 0.252. The third kappa shape index (κ3) is 2.74. The zero-order chi connectivity index (χ0) is 15.7. The average molecular weight is 300 g/mol. The van der Waals surface area contributed by atoms with Crippen molar-refractivity contribution in [2.75, 3.05) is 20.1 Å². The predicted molar refractivity (Wildman–Crippen MR) is 85.2 cm³/mol. The van der Waals surface area contributed by atoms with Gasteiger partial charge >= 0.3 is 0 Å². The number of hydrogen-bond acceptors (Lipinski definition) is 2. The van der Waals surface area contributed by atoms with Gasteiger partial charge in [0.05, 0.1) is 12.0 Å². The molecule has 118 valence electrons. The first kappa shape index (κ1) is 15.1. The molecule has 3 rings (SSSR count). The van der Waals surface area contributed by atoms with Crippen LogP contribution < -0.4 is 0 Å². The smallest absolute Gasteiger partial charge is 0.228 e. The van der Waals surface area contributed by atoms with Gasteiger partial charge in [-0.1, -0.05) is 29.8 Å². The number of benzene rings is 1. The number of piperidine rings is 1. The molecular weight excluding hydrogens is 276 g/mol. The van der Waals surface area contributed by atoms with Crippen molar-refractivity contribution in [2.45, 2.75) is 38.6 Å². The largest absolute Gasteiger partial charge is 0.342 e. The lowest BCUT2D eigenvalue weighted by Gasteiger charge is -2.40. The summed E-state index contributed by atoms with van der Waals surface area (Å²) in [6.07, 6.45) is 3.34. The Kier molecular flexibility index (Phi) is 4.19. The monoisotopic (exact) mass is 300 g/mol. The third-order valence-corrected chi connectivity index (χ3v) is 5.01. The van der Waals surface area contributed by atoms with Gasteiger partial charge in [-0.15, -0.1) is 0 Å². The highest BCUT2D eigenvalue weighted by atomic mass is 16.2. The zero-order valence-electron chi connectivity index (χ0n) is 13.4. The molecule has 2 saturated heterocycles. The first-order valence-electron chi connectivity index (χ1n) is 8.19. The van der Waals surface area contributed by atoms with Gasteiger partial charge in [0.15, 0.2) is 0 Å². The molecule has 2 unspecified atom stereocenters. The molecule has 4 nitrogen and oxygen atoms in total. The molecule has 2 heterocycles. The topological polar surface area (TPSA) is 40.6 Å². The standard InChI is InChI=1S/C18H24N2O2/c1-13-5-7-14(8-6-13)17-15(9-10-16(21)19(17)2)18(22)20-11-3-4-12-20/h5-8,15,17H,3-4,9-12H2,1-2H3. The molecule has 0 radical (unpaired) electrons. The summed E-state index contributed by atoms with van der Waals surface area (Å²) in [5, 5.41) is 0. The Morgan fingerprint density at radius 1 is 1.14 bits per heavy atom. The maximum absolute atomic E-state index is 12.9. The number of likely N-dealkylation sites (tertiary alicyclic amines) is 2. The van der Waals surface area contributed by atoms with Crippen molar-refractivity contribution in [3.63, 3.8) is 0 Å². The summed E-state index contributed by atoms with van der Waals surface area (Å²) >= 11 is 0. The Labute approximate surface area is 132 Å². The number of carbonyl (C=O) groups is 2. The minimum Gasteiger partial charge on any atom is -0.342 e. The van der Waals surface area contributed by atoms with Crippen molar-refractivity contribution >= 4 is 11.8 Å². The molecular formula is C18H24N2O2. The fraction of sp³-hybridized carbons (Fsp3) is 0.556. The molecule has 0 aliphatic carbocycles. The molecule has 2 atom stereocenters. The molecule has 0 aromatic heterocycles. The maximum atomic E-state index is 12.9. The van der Waals surface area contributed by atoms with E-state index >= 15 is 0 Å². The quantitative estimate of drug-likeness (QED) is 0.842. The van der Waals surface area contributed by atoms with E-state index in [4.69, 9.17) is 0 Å². The summed E-state index contributed by atoms with van der Waals surface area (Å²) in [6, 6.07) is 8.09. The minimum absolute atomic E-state index is 0.108. The lowest BCUT2D eigenvalue weighted by Crippen LogP contribution is -2.47. The highest BCUT2D eigenvalue weighted by Crippen LogP contribution is 2.37. The summed E-state index contributed by atoms with van der Waals surface area (Å²) in [4.78, 5) is 28.8. The number of rotatable bonds is 2. The molecule has 2 amide bonds. The van der Waals surface area contributed by atoms with Crippen LogP contribution in [-0.4, -0.2) is 41.8 Å². The zero-order valence-corrected chi connectivity index (χ0v) is 13.4. The van der Waals surface area contributed by atoms with E-state index in [0.717, 1.165) is 31.5 Å². The molecule has 1 aromatic carbocycles. The van der Waals surface area contributed by atoms with Gasteiger partial charge in [-0.25, -0.2) is 0 Å². The fourth-order valence-corrected chi connectivity index (χ4v) is 3.69. The van der Waals surface area contributed by atoms with Crippen LogP contribution in [0.5, 0.6) is 0 Å². The second kappa shape index (κ2) is 6.11. The Bertz CT molecular complexity index is 561. The second-order valence-electron chi connectivity index (χ2n) is 6.54. The molecule has 2 aliphatic rings. The number of nitrogens with zero attached hydrogens (tertiary/aromatic N) is 2. The van der Waals surface area contributed by atoms with Crippen LogP contribution in [0, 0.1) is 12.8 Å². The van der Waals surface area contributed by atoms with E-state index in [0.29, 0.717) is 12.8 Å². The van der Waals surface area contributed by atoms with Crippen LogP contribution in [0.25, 0.3) is 0 Å². The van der Waals surface area contributed by atoms with E-state index in [-0.39, 0.29) is 23.8 Å². The van der Waals surface area contributed by atoms with E-state index < -0.39 is 0 Å². The second-order valence-corrected chi connectivity index (χ2v) is 6.54. The van der Waals surface area contributed by atoms with Crippen LogP contribution in [-0.2, 0) is 9.59 Å². The molecule has 0 saturated carbocycles. The summed E-state index contributed by atoms with van der Waals surface area (Å²) in [5.41, 5.74) is 2.26. The molecule has 2 aliphatic heterocycles. The van der Waals surface area contributed by atoms with Gasteiger partial charge < -0.3 is 9.80 Å². The molecule has 2 fully saturated rings. The van der Waals surface area contributed by atoms with E-state index in [1.165, 1.54) is 5.56 Å². The van der Waals surface area contributed by atoms with Crippen molar-refractivity contribution < 1.29 is 9.59 Å². The van der Waals surface area contributed by atoms with Gasteiger partial charge in [0, 0.05) is 26.6 Å². The van der Waals surface area contributed by atoms with Crippen molar-refractivity contribution in [2.24, 2.45) is 5.92 Å². The molecule has 4 heteroatoms. The minimum atomic E-state index is -0.130. The van der Waals surface area contributed by atoms with Crippen molar-refractivity contribution in [3.8, 4) is 0 Å². The third-order valence-electron chi connectivity index (χ3n) is 5.01. The normalized spacial score (nSPS) is 25.6. The van der Waals surface area contributed by atoms with Crippen LogP contribution in [0.1, 0.15) is 42.9 Å². The summed E-state index contributed by atoms with van der Waals surface area (Å²) in [7, 11) is 1.83. The summed E-state index contributed by atoms with van der Waals surface area (Å²) < 4.78 is 0. The highest BCUT2D eigenvalue weighted by Gasteiger charge is 2.40. The first-order chi connectivity index (χ1) is 10.6. The van der Waals surface area contributed by atoms with E-state index in [2.05, 4.69) is 24.3 Å². The Morgan fingerprint density at radius 2 is 1.77 bits per heavy atom. The lowest BCUT2D eigenvalue weighted by molar-refractivity contribution is -0.146. The van der Waals surface area contributed by atoms with Gasteiger partial charge in [0.1, 0.15) is 0 Å².